The van der Waals surface area contributed by atoms with E-state index < -0.39 is 0 Å². The first kappa shape index (κ1) is 10.4. The highest BCUT2D eigenvalue weighted by Gasteiger charge is 1.98. The lowest BCUT2D eigenvalue weighted by molar-refractivity contribution is 1.18. The fourth-order valence-electron chi connectivity index (χ4n) is 1.19. The van der Waals surface area contributed by atoms with E-state index in [1.807, 2.05) is 18.2 Å². The van der Waals surface area contributed by atoms with Crippen molar-refractivity contribution in [2.24, 2.45) is 0 Å². The summed E-state index contributed by atoms with van der Waals surface area (Å²) < 4.78 is 1.15. The van der Waals surface area contributed by atoms with Crippen molar-refractivity contribution in [2.75, 3.05) is 11.1 Å². The van der Waals surface area contributed by atoms with Crippen molar-refractivity contribution in [3.05, 3.63) is 39.1 Å². The summed E-state index contributed by atoms with van der Waals surface area (Å²) >= 11 is 5.15. The molecule has 0 amide bonds. The summed E-state index contributed by atoms with van der Waals surface area (Å²) in [5, 5.41) is 3.28. The third-order valence-corrected chi connectivity index (χ3v) is 3.50. The Morgan fingerprint density at radius 2 is 2.27 bits per heavy atom. The third-order valence-electron chi connectivity index (χ3n) is 1.88. The fourth-order valence-corrected chi connectivity index (χ4v) is 2.62. The first-order valence-electron chi connectivity index (χ1n) is 4.43. The summed E-state index contributed by atoms with van der Waals surface area (Å²) in [6.07, 6.45) is 1.70. The fraction of sp³-hybridized carbons (Fsp3) is 0.100. The third kappa shape index (κ3) is 2.94. The largest absolute Gasteiger partial charge is 0.384 e. The zero-order chi connectivity index (χ0) is 10.7. The van der Waals surface area contributed by atoms with Crippen LogP contribution in [0.15, 0.2) is 34.2 Å². The van der Waals surface area contributed by atoms with Gasteiger partial charge in [0.25, 0.3) is 0 Å². The highest BCUT2D eigenvalue weighted by molar-refractivity contribution is 9.11. The predicted octanol–water partition coefficient (Wildman–Crippen LogP) is 3.10. The summed E-state index contributed by atoms with van der Waals surface area (Å²) in [5.74, 6) is 0.535. The Labute approximate surface area is 100 Å². The van der Waals surface area contributed by atoms with E-state index in [9.17, 15) is 0 Å². The number of aromatic nitrogens is 1. The first-order chi connectivity index (χ1) is 7.24. The van der Waals surface area contributed by atoms with Crippen LogP contribution in [0.2, 0.25) is 0 Å². The average Bonchev–Trinajstić information content (AvgIpc) is 2.62. The number of pyridine rings is 1. The molecule has 3 N–H and O–H groups in total. The van der Waals surface area contributed by atoms with Crippen LogP contribution < -0.4 is 11.1 Å². The van der Waals surface area contributed by atoms with Crippen LogP contribution in [0.1, 0.15) is 4.88 Å². The zero-order valence-corrected chi connectivity index (χ0v) is 10.3. The molecule has 2 heterocycles. The van der Waals surface area contributed by atoms with E-state index in [4.69, 9.17) is 5.73 Å². The highest BCUT2D eigenvalue weighted by Crippen LogP contribution is 2.22. The van der Waals surface area contributed by atoms with Crippen LogP contribution in [-0.4, -0.2) is 4.98 Å². The van der Waals surface area contributed by atoms with Crippen molar-refractivity contribution in [1.82, 2.24) is 4.98 Å². The van der Waals surface area contributed by atoms with Crippen molar-refractivity contribution < 1.29 is 0 Å². The van der Waals surface area contributed by atoms with E-state index in [1.54, 1.807) is 17.5 Å². The van der Waals surface area contributed by atoms with Crippen LogP contribution in [0.3, 0.4) is 0 Å². The standard InChI is InChI=1S/C10H10BrN3S/c11-9-2-1-8(15-9)6-14-7-3-4-13-10(12)5-7/h1-5H,6H2,(H3,12,13,14). The molecule has 0 unspecified atom stereocenters. The highest BCUT2D eigenvalue weighted by atomic mass is 79.9. The second-order valence-electron chi connectivity index (χ2n) is 3.03. The molecule has 2 aromatic heterocycles. The molecule has 0 spiro atoms. The predicted molar refractivity (Wildman–Crippen MR) is 68.0 cm³/mol. The van der Waals surface area contributed by atoms with Gasteiger partial charge in [0.1, 0.15) is 5.82 Å². The van der Waals surface area contributed by atoms with Gasteiger partial charge in [-0.3, -0.25) is 0 Å². The molecular weight excluding hydrogens is 274 g/mol. The van der Waals surface area contributed by atoms with Crippen molar-refractivity contribution >= 4 is 38.8 Å². The molecule has 0 atom stereocenters. The summed E-state index contributed by atoms with van der Waals surface area (Å²) in [6, 6.07) is 7.86. The molecule has 2 aromatic rings. The number of nitrogens with one attached hydrogen (secondary N) is 1. The summed E-state index contributed by atoms with van der Waals surface area (Å²) in [7, 11) is 0. The minimum absolute atomic E-state index is 0.535. The van der Waals surface area contributed by atoms with Gasteiger partial charge >= 0.3 is 0 Å². The van der Waals surface area contributed by atoms with E-state index >= 15 is 0 Å². The Balaban J connectivity index is 1.99. The molecule has 0 saturated heterocycles. The first-order valence-corrected chi connectivity index (χ1v) is 6.04. The Morgan fingerprint density at radius 1 is 1.40 bits per heavy atom. The molecule has 0 saturated carbocycles. The van der Waals surface area contributed by atoms with E-state index in [0.717, 1.165) is 16.0 Å². The van der Waals surface area contributed by atoms with E-state index in [0.29, 0.717) is 5.82 Å². The van der Waals surface area contributed by atoms with E-state index in [-0.39, 0.29) is 0 Å². The van der Waals surface area contributed by atoms with Crippen LogP contribution in [-0.2, 0) is 6.54 Å². The number of halogens is 1. The van der Waals surface area contributed by atoms with Crippen LogP contribution in [0, 0.1) is 0 Å². The Kier molecular flexibility index (Phi) is 3.23. The molecule has 0 bridgehead atoms. The topological polar surface area (TPSA) is 50.9 Å². The monoisotopic (exact) mass is 283 g/mol. The van der Waals surface area contributed by atoms with Gasteiger partial charge in [0.2, 0.25) is 0 Å². The van der Waals surface area contributed by atoms with Crippen LogP contribution in [0.25, 0.3) is 0 Å². The summed E-state index contributed by atoms with van der Waals surface area (Å²) in [4.78, 5) is 5.21. The second kappa shape index (κ2) is 4.63. The number of hydrogen-bond acceptors (Lipinski definition) is 4. The van der Waals surface area contributed by atoms with Crippen molar-refractivity contribution in [1.29, 1.82) is 0 Å². The summed E-state index contributed by atoms with van der Waals surface area (Å²) in [6.45, 7) is 0.805. The number of nitrogens with zero attached hydrogens (tertiary/aromatic N) is 1. The molecule has 2 rings (SSSR count). The average molecular weight is 284 g/mol. The second-order valence-corrected chi connectivity index (χ2v) is 5.58. The number of nitrogen functional groups attached to an aromatic ring is 1. The van der Waals surface area contributed by atoms with Gasteiger partial charge < -0.3 is 11.1 Å². The molecule has 0 aliphatic rings. The molecule has 15 heavy (non-hydrogen) atoms. The lowest BCUT2D eigenvalue weighted by Crippen LogP contribution is -1.98. The van der Waals surface area contributed by atoms with Crippen molar-refractivity contribution in [2.45, 2.75) is 6.54 Å². The lowest BCUT2D eigenvalue weighted by atomic mass is 10.3. The van der Waals surface area contributed by atoms with Gasteiger partial charge in [-0.15, -0.1) is 11.3 Å². The van der Waals surface area contributed by atoms with Gasteiger partial charge in [0.05, 0.1) is 3.79 Å². The van der Waals surface area contributed by atoms with Gasteiger partial charge in [-0.05, 0) is 34.1 Å². The Hall–Kier alpha value is -1.07. The van der Waals surface area contributed by atoms with Gasteiger partial charge in [-0.25, -0.2) is 4.98 Å². The molecule has 3 nitrogen and oxygen atoms in total. The van der Waals surface area contributed by atoms with E-state index in [1.165, 1.54) is 4.88 Å². The maximum absolute atomic E-state index is 5.58. The molecule has 5 heteroatoms. The normalized spacial score (nSPS) is 10.2. The van der Waals surface area contributed by atoms with Gasteiger partial charge in [-0.2, -0.15) is 0 Å². The zero-order valence-electron chi connectivity index (χ0n) is 7.90. The van der Waals surface area contributed by atoms with Crippen LogP contribution in [0.4, 0.5) is 11.5 Å². The Bertz CT molecular complexity index is 455. The lowest BCUT2D eigenvalue weighted by Gasteiger charge is -2.04. The minimum atomic E-state index is 0.535. The summed E-state index contributed by atoms with van der Waals surface area (Å²) in [5.41, 5.74) is 6.57. The molecule has 78 valence electrons. The number of nitrogens with two attached hydrogens (primary N) is 1. The molecule has 0 fully saturated rings. The smallest absolute Gasteiger partial charge is 0.125 e. The molecule has 0 radical (unpaired) electrons. The Morgan fingerprint density at radius 3 is 2.93 bits per heavy atom. The van der Waals surface area contributed by atoms with Gasteiger partial charge in [0.15, 0.2) is 0 Å². The number of hydrogen-bond donors (Lipinski definition) is 2. The molecular formula is C10H10BrN3S. The number of thiophene rings is 1. The SMILES string of the molecule is Nc1cc(NCc2ccc(Br)s2)ccn1. The van der Waals surface area contributed by atoms with Crippen molar-refractivity contribution in [3.8, 4) is 0 Å². The quantitative estimate of drug-likeness (QED) is 0.910. The van der Waals surface area contributed by atoms with Gasteiger partial charge in [-0.1, -0.05) is 0 Å². The molecule has 0 aliphatic carbocycles. The number of rotatable bonds is 3. The van der Waals surface area contributed by atoms with Crippen LogP contribution >= 0.6 is 27.3 Å². The maximum atomic E-state index is 5.58. The molecule has 0 aromatic carbocycles. The number of anilines is 2. The molecule has 0 aliphatic heterocycles. The van der Waals surface area contributed by atoms with Crippen molar-refractivity contribution in [3.63, 3.8) is 0 Å². The van der Waals surface area contributed by atoms with Gasteiger partial charge in [0, 0.05) is 29.4 Å². The maximum Gasteiger partial charge on any atom is 0.125 e. The van der Waals surface area contributed by atoms with E-state index in [2.05, 4.69) is 32.3 Å². The minimum Gasteiger partial charge on any atom is -0.384 e. The van der Waals surface area contributed by atoms with Crippen LogP contribution in [0.5, 0.6) is 0 Å².